The first-order valence-electron chi connectivity index (χ1n) is 17.2. The molecule has 0 aliphatic heterocycles. The first kappa shape index (κ1) is 37.6. The normalized spacial score (nSPS) is 12.3. The predicted octanol–water partition coefficient (Wildman–Crippen LogP) is 12.0. The summed E-state index contributed by atoms with van der Waals surface area (Å²) in [6.45, 7) is 9.08. The van der Waals surface area contributed by atoms with Gasteiger partial charge in [0.25, 0.3) is 10.1 Å². The van der Waals surface area contributed by atoms with E-state index in [1.807, 2.05) is 15.5 Å². The molecular formula is C35H65O3PS. The van der Waals surface area contributed by atoms with E-state index in [0.717, 1.165) is 19.3 Å². The zero-order valence-corrected chi connectivity index (χ0v) is 28.9. The second-order valence-corrected chi connectivity index (χ2v) is 14.5. The molecule has 3 nitrogen and oxygen atoms in total. The van der Waals surface area contributed by atoms with Crippen LogP contribution >= 0.6 is 9.47 Å². The molecule has 0 bridgehead atoms. The van der Waals surface area contributed by atoms with Crippen molar-refractivity contribution in [3.05, 3.63) is 29.3 Å². The molecule has 1 rings (SSSR count). The zero-order chi connectivity index (χ0) is 29.5. The van der Waals surface area contributed by atoms with Crippen LogP contribution in [0.15, 0.2) is 23.1 Å². The van der Waals surface area contributed by atoms with Crippen LogP contribution in [-0.4, -0.2) is 8.42 Å². The summed E-state index contributed by atoms with van der Waals surface area (Å²) in [5, 5.41) is 0. The largest absolute Gasteiger partial charge is 0.299 e. The molecule has 0 N–H and O–H groups in total. The molecule has 0 aromatic heterocycles. The smallest absolute Gasteiger partial charge is 0.251 e. The lowest BCUT2D eigenvalue weighted by atomic mass is 9.67. The molecule has 1 unspecified atom stereocenters. The highest BCUT2D eigenvalue weighted by molar-refractivity contribution is 7.88. The zero-order valence-electron chi connectivity index (χ0n) is 26.9. The molecule has 234 valence electrons. The lowest BCUT2D eigenvalue weighted by Crippen LogP contribution is -2.28. The fourth-order valence-corrected chi connectivity index (χ4v) is 7.31. The van der Waals surface area contributed by atoms with Crippen molar-refractivity contribution >= 4 is 19.6 Å². The lowest BCUT2D eigenvalue weighted by Gasteiger charge is -2.37. The Bertz CT molecular complexity index is 844. The van der Waals surface area contributed by atoms with Crippen LogP contribution in [0, 0.1) is 0 Å². The van der Waals surface area contributed by atoms with Crippen LogP contribution in [0.2, 0.25) is 0 Å². The van der Waals surface area contributed by atoms with Crippen molar-refractivity contribution in [2.45, 2.75) is 192 Å². The Hall–Kier alpha value is -0.440. The molecule has 0 fully saturated rings. The van der Waals surface area contributed by atoms with Gasteiger partial charge in [0.05, 0.1) is 4.90 Å². The Morgan fingerprint density at radius 2 is 1.02 bits per heavy atom. The van der Waals surface area contributed by atoms with Crippen molar-refractivity contribution in [1.82, 2.24) is 0 Å². The van der Waals surface area contributed by atoms with Gasteiger partial charge in [0, 0.05) is 9.47 Å². The first-order chi connectivity index (χ1) is 19.4. The molecule has 0 aliphatic rings. The molecule has 0 heterocycles. The molecule has 0 radical (unpaired) electrons. The van der Waals surface area contributed by atoms with Gasteiger partial charge in [-0.3, -0.25) is 3.97 Å². The minimum atomic E-state index is -3.72. The van der Waals surface area contributed by atoms with E-state index in [1.54, 1.807) is 6.07 Å². The lowest BCUT2D eigenvalue weighted by molar-refractivity contribution is 0.303. The highest BCUT2D eigenvalue weighted by atomic mass is 32.2. The third-order valence-corrected chi connectivity index (χ3v) is 10.7. The molecule has 1 aromatic carbocycles. The summed E-state index contributed by atoms with van der Waals surface area (Å²) in [5.74, 6) is 0. The highest BCUT2D eigenvalue weighted by Crippen LogP contribution is 2.43. The Balaban J connectivity index is 2.79. The van der Waals surface area contributed by atoms with E-state index in [-0.39, 0.29) is 10.3 Å². The molecule has 0 amide bonds. The maximum atomic E-state index is 12.5. The van der Waals surface area contributed by atoms with Crippen LogP contribution in [0.5, 0.6) is 0 Å². The van der Waals surface area contributed by atoms with Crippen molar-refractivity contribution in [1.29, 1.82) is 0 Å². The fourth-order valence-electron chi connectivity index (χ4n) is 6.34. The second kappa shape index (κ2) is 23.1. The highest BCUT2D eigenvalue weighted by Gasteiger charge is 2.33. The van der Waals surface area contributed by atoms with Crippen LogP contribution < -0.4 is 0 Å². The average molecular weight is 597 g/mol. The molecular weight excluding hydrogens is 531 g/mol. The molecule has 0 spiro atoms. The monoisotopic (exact) mass is 596 g/mol. The summed E-state index contributed by atoms with van der Waals surface area (Å²) in [6, 6.07) is 5.86. The van der Waals surface area contributed by atoms with E-state index in [2.05, 4.69) is 33.8 Å². The fraction of sp³-hybridized carbons (Fsp3) is 0.829. The average Bonchev–Trinajstić information content (AvgIpc) is 2.97. The molecule has 0 saturated carbocycles. The SMILES string of the molecule is CCCCCCCCCCCCCCCCC(CCCC)(CCCC)c1ccc(S(=O)(=O)OP)cc1CCCC. The van der Waals surface area contributed by atoms with Gasteiger partial charge in [-0.2, -0.15) is 8.42 Å². The van der Waals surface area contributed by atoms with E-state index in [1.165, 1.54) is 146 Å². The Morgan fingerprint density at radius 3 is 1.48 bits per heavy atom. The summed E-state index contributed by atoms with van der Waals surface area (Å²) in [6.07, 6.45) is 31.0. The number of unbranched alkanes of at least 4 members (excludes halogenated alkanes) is 16. The Labute approximate surface area is 252 Å². The van der Waals surface area contributed by atoms with Crippen LogP contribution in [0.25, 0.3) is 0 Å². The van der Waals surface area contributed by atoms with Gasteiger partial charge >= 0.3 is 0 Å². The maximum Gasteiger partial charge on any atom is 0.299 e. The maximum absolute atomic E-state index is 12.5. The quantitative estimate of drug-likeness (QED) is 0.0749. The molecule has 0 aliphatic carbocycles. The molecule has 0 saturated heterocycles. The predicted molar refractivity (Wildman–Crippen MR) is 179 cm³/mol. The van der Waals surface area contributed by atoms with E-state index < -0.39 is 10.1 Å². The molecule has 1 aromatic rings. The van der Waals surface area contributed by atoms with Crippen molar-refractivity contribution in [2.24, 2.45) is 0 Å². The van der Waals surface area contributed by atoms with Gasteiger partial charge in [0.15, 0.2) is 0 Å². The summed E-state index contributed by atoms with van der Waals surface area (Å²) in [4.78, 5) is 0.286. The summed E-state index contributed by atoms with van der Waals surface area (Å²) < 4.78 is 29.8. The van der Waals surface area contributed by atoms with Crippen molar-refractivity contribution < 1.29 is 12.4 Å². The summed E-state index contributed by atoms with van der Waals surface area (Å²) in [7, 11) is -1.82. The number of benzene rings is 1. The van der Waals surface area contributed by atoms with Crippen molar-refractivity contribution in [2.75, 3.05) is 0 Å². The molecule has 1 atom stereocenters. The molecule has 5 heteroatoms. The van der Waals surface area contributed by atoms with Crippen molar-refractivity contribution in [3.8, 4) is 0 Å². The Kier molecular flexibility index (Phi) is 21.7. The van der Waals surface area contributed by atoms with Crippen molar-refractivity contribution in [3.63, 3.8) is 0 Å². The van der Waals surface area contributed by atoms with Gasteiger partial charge in [-0.05, 0) is 60.8 Å². The molecule has 40 heavy (non-hydrogen) atoms. The van der Waals surface area contributed by atoms with Gasteiger partial charge in [0.1, 0.15) is 0 Å². The van der Waals surface area contributed by atoms with Crippen LogP contribution in [-0.2, 0) is 25.9 Å². The van der Waals surface area contributed by atoms with Gasteiger partial charge in [0.2, 0.25) is 0 Å². The summed E-state index contributed by atoms with van der Waals surface area (Å²) >= 11 is 0. The minimum absolute atomic E-state index is 0.149. The standard InChI is InChI=1S/C35H65O3PS/c1-5-9-13-14-15-16-17-18-19-20-21-22-23-24-30-35(28-11-7-3,29-12-8-4)34-27-26-33(40(36,37)38-39)31-32(34)25-10-6-2/h26-27,31H,5-25,28-30,39H2,1-4H3. The number of aryl methyl sites for hydroxylation is 1. The number of hydrogen-bond acceptors (Lipinski definition) is 3. The topological polar surface area (TPSA) is 43.4 Å². The Morgan fingerprint density at radius 1 is 0.600 bits per heavy atom. The second-order valence-electron chi connectivity index (χ2n) is 12.3. The van der Waals surface area contributed by atoms with Crippen LogP contribution in [0.4, 0.5) is 0 Å². The van der Waals surface area contributed by atoms with Gasteiger partial charge in [-0.25, -0.2) is 0 Å². The van der Waals surface area contributed by atoms with Crippen LogP contribution in [0.1, 0.15) is 187 Å². The van der Waals surface area contributed by atoms with Gasteiger partial charge < -0.3 is 0 Å². The third-order valence-electron chi connectivity index (χ3n) is 8.89. The van der Waals surface area contributed by atoms with Gasteiger partial charge in [-0.15, -0.1) is 0 Å². The van der Waals surface area contributed by atoms with E-state index in [0.29, 0.717) is 0 Å². The van der Waals surface area contributed by atoms with Crippen LogP contribution in [0.3, 0.4) is 0 Å². The first-order valence-corrected chi connectivity index (χ1v) is 19.1. The minimum Gasteiger partial charge on any atom is -0.251 e. The number of rotatable bonds is 27. The van der Waals surface area contributed by atoms with E-state index in [4.69, 9.17) is 3.97 Å². The van der Waals surface area contributed by atoms with Gasteiger partial charge in [-0.1, -0.05) is 156 Å². The van der Waals surface area contributed by atoms with E-state index >= 15 is 0 Å². The summed E-state index contributed by atoms with van der Waals surface area (Å²) in [5.41, 5.74) is 2.79. The number of hydrogen-bond donors (Lipinski definition) is 0. The van der Waals surface area contributed by atoms with E-state index in [9.17, 15) is 8.42 Å². The third kappa shape index (κ3) is 14.6.